The molecule has 1 aliphatic rings. The van der Waals surface area contributed by atoms with E-state index in [1.54, 1.807) is 0 Å². The monoisotopic (exact) mass is 822 g/mol. The normalized spacial score (nSPS) is 17.1. The molecule has 3 unspecified atom stereocenters. The Morgan fingerprint density at radius 2 is 1.25 bits per heavy atom. The molecule has 1 fully saturated rings. The lowest BCUT2D eigenvalue weighted by Gasteiger charge is -2.20. The quantitative estimate of drug-likeness (QED) is 0.0317. The molecule has 0 aromatic carbocycles. The molecule has 0 aromatic rings. The fourth-order valence-electron chi connectivity index (χ4n) is 5.08. The average Bonchev–Trinajstić information content (AvgIpc) is 3.19. The van der Waals surface area contributed by atoms with E-state index in [-0.39, 0.29) is 122 Å². The Bertz CT molecular complexity index is 1180. The Balaban J connectivity index is 2.06. The zero-order valence-electron chi connectivity index (χ0n) is 32.6. The summed E-state index contributed by atoms with van der Waals surface area (Å²) in [5.74, 6) is -4.72. The summed E-state index contributed by atoms with van der Waals surface area (Å²) in [6.07, 6.45) is 6.87. The standard InChI is InChI=1S/C35H62N6O16/c42-29(13-9-14-32(45)46)37-16-18-52-20-23-55-25-31(44)38-17-19-53-21-22-54-24-30(43)36-15-8-7-11-27(39-51)34(49)56-41-28-12-6-4-2-1-3-5-10-26(33(47)48)40-57-35(28)50/h26-28,39-41,51H,1-25H2,(H,36,43)(H,37,42)(H,38,44)(H,45,46)(H,47,48). The van der Waals surface area contributed by atoms with Gasteiger partial charge in [-0.2, -0.15) is 5.48 Å². The van der Waals surface area contributed by atoms with Gasteiger partial charge in [-0.3, -0.25) is 24.0 Å². The number of carbonyl (C=O) groups is 7. The summed E-state index contributed by atoms with van der Waals surface area (Å²) in [5.41, 5.74) is 6.58. The molecule has 0 spiro atoms. The first-order valence-electron chi connectivity index (χ1n) is 19.4. The Morgan fingerprint density at radius 3 is 1.84 bits per heavy atom. The minimum Gasteiger partial charge on any atom is -0.481 e. The molecule has 22 heteroatoms. The van der Waals surface area contributed by atoms with E-state index in [4.69, 9.17) is 33.7 Å². The van der Waals surface area contributed by atoms with Gasteiger partial charge in [0.05, 0.1) is 39.6 Å². The second kappa shape index (κ2) is 34.0. The smallest absolute Gasteiger partial charge is 0.345 e. The zero-order valence-corrected chi connectivity index (χ0v) is 32.6. The van der Waals surface area contributed by atoms with Crippen molar-refractivity contribution < 1.29 is 77.6 Å². The Labute approximate surface area is 331 Å². The third-order valence-corrected chi connectivity index (χ3v) is 8.25. The van der Waals surface area contributed by atoms with Crippen LogP contribution in [0.5, 0.6) is 0 Å². The first-order chi connectivity index (χ1) is 27.5. The number of ether oxygens (including phenoxy) is 4. The molecule has 1 saturated heterocycles. The number of carbonyl (C=O) groups excluding carboxylic acids is 5. The van der Waals surface area contributed by atoms with Crippen LogP contribution in [0.15, 0.2) is 0 Å². The highest BCUT2D eigenvalue weighted by atomic mass is 16.7. The van der Waals surface area contributed by atoms with Crippen molar-refractivity contribution in [3.05, 3.63) is 0 Å². The largest absolute Gasteiger partial charge is 0.481 e. The molecule has 3 atom stereocenters. The topological polar surface area (TPSA) is 308 Å². The van der Waals surface area contributed by atoms with Gasteiger partial charge in [-0.05, 0) is 38.5 Å². The van der Waals surface area contributed by atoms with Gasteiger partial charge < -0.3 is 60.0 Å². The summed E-state index contributed by atoms with van der Waals surface area (Å²) in [7, 11) is 0. The van der Waals surface area contributed by atoms with Crippen LogP contribution in [0.3, 0.4) is 0 Å². The van der Waals surface area contributed by atoms with E-state index >= 15 is 0 Å². The summed E-state index contributed by atoms with van der Waals surface area (Å²) < 4.78 is 21.1. The van der Waals surface area contributed by atoms with Gasteiger partial charge in [-0.1, -0.05) is 38.5 Å². The van der Waals surface area contributed by atoms with Gasteiger partial charge in [-0.25, -0.2) is 9.59 Å². The van der Waals surface area contributed by atoms with Crippen LogP contribution < -0.4 is 32.4 Å². The highest BCUT2D eigenvalue weighted by molar-refractivity contribution is 5.79. The first-order valence-corrected chi connectivity index (χ1v) is 19.4. The second-order valence-corrected chi connectivity index (χ2v) is 13.0. The number of amides is 3. The summed E-state index contributed by atoms with van der Waals surface area (Å²) in [6, 6.07) is -3.22. The lowest BCUT2D eigenvalue weighted by molar-refractivity contribution is -0.170. The minimum absolute atomic E-state index is 0.0594. The number of unbranched alkanes of at least 4 members (excludes halogenated alkanes) is 1. The van der Waals surface area contributed by atoms with E-state index < -0.39 is 42.0 Å². The lowest BCUT2D eigenvalue weighted by Crippen LogP contribution is -2.47. The Kier molecular flexibility index (Phi) is 30.5. The van der Waals surface area contributed by atoms with E-state index in [1.807, 2.05) is 5.48 Å². The Morgan fingerprint density at radius 1 is 0.684 bits per heavy atom. The molecule has 328 valence electrons. The van der Waals surface area contributed by atoms with Crippen molar-refractivity contribution in [3.8, 4) is 0 Å². The van der Waals surface area contributed by atoms with Crippen molar-refractivity contribution in [2.45, 2.75) is 108 Å². The third-order valence-electron chi connectivity index (χ3n) is 8.25. The van der Waals surface area contributed by atoms with Gasteiger partial charge >= 0.3 is 23.9 Å². The van der Waals surface area contributed by atoms with E-state index in [0.29, 0.717) is 32.1 Å². The van der Waals surface area contributed by atoms with Gasteiger partial charge in [-0.15, -0.1) is 11.0 Å². The van der Waals surface area contributed by atoms with Crippen LogP contribution in [-0.2, 0) is 62.2 Å². The lowest BCUT2D eigenvalue weighted by atomic mass is 10.0. The number of hydrogen-bond donors (Lipinski definition) is 9. The predicted octanol–water partition coefficient (Wildman–Crippen LogP) is -0.774. The Hall–Kier alpha value is -4.03. The fraction of sp³-hybridized carbons (Fsp3) is 0.800. The summed E-state index contributed by atoms with van der Waals surface area (Å²) in [4.78, 5) is 92.5. The average molecular weight is 823 g/mol. The summed E-state index contributed by atoms with van der Waals surface area (Å²) in [6.45, 7) is 1.69. The van der Waals surface area contributed by atoms with Crippen molar-refractivity contribution in [3.63, 3.8) is 0 Å². The molecule has 0 aromatic heterocycles. The van der Waals surface area contributed by atoms with Crippen molar-refractivity contribution >= 4 is 41.6 Å². The number of carboxylic acids is 2. The van der Waals surface area contributed by atoms with Crippen molar-refractivity contribution in [2.75, 3.05) is 72.5 Å². The van der Waals surface area contributed by atoms with E-state index in [2.05, 4.69) is 26.9 Å². The van der Waals surface area contributed by atoms with Crippen LogP contribution in [0.1, 0.15) is 89.9 Å². The number of nitrogens with one attached hydrogen (secondary N) is 6. The van der Waals surface area contributed by atoms with Gasteiger partial charge in [0.25, 0.3) is 0 Å². The molecule has 1 heterocycles. The molecular formula is C35H62N6O16. The van der Waals surface area contributed by atoms with Gasteiger partial charge in [0.1, 0.15) is 31.3 Å². The summed E-state index contributed by atoms with van der Waals surface area (Å²) >= 11 is 0. The van der Waals surface area contributed by atoms with Crippen LogP contribution >= 0.6 is 0 Å². The van der Waals surface area contributed by atoms with Crippen LogP contribution in [0.25, 0.3) is 0 Å². The molecule has 0 saturated carbocycles. The minimum atomic E-state index is -1.14. The molecular weight excluding hydrogens is 760 g/mol. The maximum absolute atomic E-state index is 12.6. The first kappa shape index (κ1) is 51.0. The highest BCUT2D eigenvalue weighted by Crippen LogP contribution is 2.13. The predicted molar refractivity (Wildman–Crippen MR) is 197 cm³/mol. The molecule has 0 bridgehead atoms. The van der Waals surface area contributed by atoms with Gasteiger partial charge in [0, 0.05) is 32.5 Å². The molecule has 1 rings (SSSR count). The van der Waals surface area contributed by atoms with Crippen LogP contribution in [0.2, 0.25) is 0 Å². The van der Waals surface area contributed by atoms with Gasteiger partial charge in [0.15, 0.2) is 0 Å². The molecule has 22 nitrogen and oxygen atoms in total. The second-order valence-electron chi connectivity index (χ2n) is 13.0. The van der Waals surface area contributed by atoms with Crippen molar-refractivity contribution in [1.29, 1.82) is 0 Å². The van der Waals surface area contributed by atoms with Crippen LogP contribution in [0.4, 0.5) is 0 Å². The molecule has 9 N–H and O–H groups in total. The van der Waals surface area contributed by atoms with Crippen molar-refractivity contribution in [2.24, 2.45) is 0 Å². The van der Waals surface area contributed by atoms with Gasteiger partial charge in [0.2, 0.25) is 17.7 Å². The molecule has 0 aliphatic carbocycles. The van der Waals surface area contributed by atoms with E-state index in [0.717, 1.165) is 25.7 Å². The number of hydrogen-bond acceptors (Lipinski definition) is 17. The molecule has 1 aliphatic heterocycles. The van der Waals surface area contributed by atoms with Crippen LogP contribution in [-0.4, -0.2) is 148 Å². The maximum atomic E-state index is 12.6. The third kappa shape index (κ3) is 28.9. The summed E-state index contributed by atoms with van der Waals surface area (Å²) in [5, 5.41) is 35.3. The number of rotatable bonds is 30. The number of aliphatic carboxylic acids is 2. The van der Waals surface area contributed by atoms with Crippen molar-refractivity contribution in [1.82, 2.24) is 32.4 Å². The SMILES string of the molecule is O=C(O)CCCC(=O)NCCOCCOCC(=O)NCCOCCOCC(=O)NCCCCC(NO)C(=O)ONC1CCCCCCCCC(C(=O)O)NOC1=O. The zero-order chi connectivity index (χ0) is 41.9. The van der Waals surface area contributed by atoms with Crippen LogP contribution in [0, 0.1) is 0 Å². The molecule has 57 heavy (non-hydrogen) atoms. The maximum Gasteiger partial charge on any atom is 0.345 e. The highest BCUT2D eigenvalue weighted by Gasteiger charge is 2.27. The molecule has 0 radical (unpaired) electrons. The molecule has 3 amide bonds. The number of hydroxylamine groups is 3. The fourth-order valence-corrected chi connectivity index (χ4v) is 5.08. The number of carboxylic acid groups (broad SMARTS) is 2. The van der Waals surface area contributed by atoms with E-state index in [9.17, 15) is 43.9 Å². The van der Waals surface area contributed by atoms with E-state index in [1.165, 1.54) is 0 Å².